The van der Waals surface area contributed by atoms with Crippen LogP contribution in [0.15, 0.2) is 36.5 Å². The molecule has 0 radical (unpaired) electrons. The lowest BCUT2D eigenvalue weighted by Crippen LogP contribution is -2.44. The molecule has 0 unspecified atom stereocenters. The number of nitrogens with one attached hydrogen (secondary N) is 1. The number of rotatable bonds is 4. The minimum absolute atomic E-state index is 0.230. The Morgan fingerprint density at radius 1 is 1.10 bits per heavy atom. The molecule has 1 aromatic heterocycles. The molecule has 5 nitrogen and oxygen atoms in total. The van der Waals surface area contributed by atoms with Crippen molar-refractivity contribution in [1.82, 2.24) is 9.88 Å². The second-order valence-corrected chi connectivity index (χ2v) is 7.86. The number of para-hydroxylation sites is 1. The molecular formula is C20H21Cl2F3N4O. The Bertz CT molecular complexity index is 872. The van der Waals surface area contributed by atoms with Crippen molar-refractivity contribution < 1.29 is 18.0 Å². The van der Waals surface area contributed by atoms with Crippen LogP contribution in [0.3, 0.4) is 0 Å². The molecule has 30 heavy (non-hydrogen) atoms. The van der Waals surface area contributed by atoms with Gasteiger partial charge in [-0.1, -0.05) is 29.3 Å². The van der Waals surface area contributed by atoms with Crippen LogP contribution in [0.25, 0.3) is 0 Å². The van der Waals surface area contributed by atoms with E-state index >= 15 is 0 Å². The van der Waals surface area contributed by atoms with Gasteiger partial charge in [-0.05, 0) is 37.6 Å². The van der Waals surface area contributed by atoms with Crippen LogP contribution in [0.4, 0.5) is 24.7 Å². The highest BCUT2D eigenvalue weighted by atomic mass is 35.5. The third-order valence-corrected chi connectivity index (χ3v) is 5.70. The summed E-state index contributed by atoms with van der Waals surface area (Å²) in [5.74, 6) is 0.260. The topological polar surface area (TPSA) is 48.5 Å². The van der Waals surface area contributed by atoms with Crippen LogP contribution < -0.4 is 10.2 Å². The molecule has 1 saturated heterocycles. The Morgan fingerprint density at radius 2 is 1.80 bits per heavy atom. The van der Waals surface area contributed by atoms with E-state index in [0.29, 0.717) is 47.7 Å². The van der Waals surface area contributed by atoms with Gasteiger partial charge in [0.05, 0.1) is 27.3 Å². The molecule has 1 aromatic carbocycles. The number of halogens is 5. The third kappa shape index (κ3) is 5.36. The maximum atomic E-state index is 12.7. The lowest BCUT2D eigenvalue weighted by molar-refractivity contribution is -0.137. The predicted octanol–water partition coefficient (Wildman–Crippen LogP) is 4.95. The molecule has 1 N–H and O–H groups in total. The average Bonchev–Trinajstić information content (AvgIpc) is 2.96. The summed E-state index contributed by atoms with van der Waals surface area (Å²) in [5.41, 5.74) is -0.394. The van der Waals surface area contributed by atoms with Gasteiger partial charge < -0.3 is 10.2 Å². The van der Waals surface area contributed by atoms with Crippen molar-refractivity contribution in [1.29, 1.82) is 0 Å². The molecule has 1 amide bonds. The Kier molecular flexibility index (Phi) is 7.10. The lowest BCUT2D eigenvalue weighted by Gasteiger charge is -2.27. The first-order valence-electron chi connectivity index (χ1n) is 9.44. The first-order chi connectivity index (χ1) is 14.2. The molecule has 0 aliphatic carbocycles. The normalized spacial score (nSPS) is 16.8. The zero-order valence-corrected chi connectivity index (χ0v) is 17.7. The first-order valence-corrected chi connectivity index (χ1v) is 10.2. The molecule has 1 atom stereocenters. The van der Waals surface area contributed by atoms with Crippen LogP contribution in [-0.4, -0.2) is 48.0 Å². The van der Waals surface area contributed by atoms with Crippen LogP contribution in [-0.2, 0) is 11.0 Å². The Labute approximate surface area is 182 Å². The monoisotopic (exact) mass is 460 g/mol. The summed E-state index contributed by atoms with van der Waals surface area (Å²) in [5, 5.41) is 3.50. The number of hydrogen-bond acceptors (Lipinski definition) is 4. The van der Waals surface area contributed by atoms with E-state index in [0.717, 1.165) is 18.7 Å². The van der Waals surface area contributed by atoms with Gasteiger partial charge in [0.2, 0.25) is 5.91 Å². The van der Waals surface area contributed by atoms with Crippen LogP contribution in [0.5, 0.6) is 0 Å². The van der Waals surface area contributed by atoms with Gasteiger partial charge >= 0.3 is 6.18 Å². The van der Waals surface area contributed by atoms with Gasteiger partial charge in [-0.25, -0.2) is 4.98 Å². The average molecular weight is 461 g/mol. The van der Waals surface area contributed by atoms with E-state index in [1.165, 1.54) is 6.07 Å². The van der Waals surface area contributed by atoms with Gasteiger partial charge in [-0.2, -0.15) is 13.2 Å². The number of amides is 1. The zero-order chi connectivity index (χ0) is 21.9. The molecule has 1 aliphatic rings. The molecule has 0 saturated carbocycles. The smallest absolute Gasteiger partial charge is 0.355 e. The Balaban J connectivity index is 1.62. The molecule has 2 heterocycles. The van der Waals surface area contributed by atoms with Crippen molar-refractivity contribution in [3.05, 3.63) is 52.1 Å². The molecule has 162 valence electrons. The van der Waals surface area contributed by atoms with E-state index in [1.54, 1.807) is 25.1 Å². The van der Waals surface area contributed by atoms with Gasteiger partial charge in [0, 0.05) is 32.4 Å². The van der Waals surface area contributed by atoms with Gasteiger partial charge in [0.15, 0.2) is 0 Å². The Hall–Kier alpha value is -2.03. The number of anilines is 2. The number of benzene rings is 1. The SMILES string of the molecule is C[C@H](C(=O)Nc1c(Cl)cccc1Cl)N1CCCN(c2ccc(C(F)(F)F)cn2)CC1. The minimum atomic E-state index is -4.41. The number of nitrogens with zero attached hydrogens (tertiary/aromatic N) is 3. The van der Waals surface area contributed by atoms with Crippen molar-refractivity contribution >= 4 is 40.6 Å². The summed E-state index contributed by atoms with van der Waals surface area (Å²) in [6, 6.07) is 6.98. The molecule has 3 rings (SSSR count). The molecule has 0 bridgehead atoms. The number of alkyl halides is 3. The molecule has 1 fully saturated rings. The van der Waals surface area contributed by atoms with E-state index in [9.17, 15) is 18.0 Å². The molecule has 0 spiro atoms. The van der Waals surface area contributed by atoms with Crippen LogP contribution in [0.2, 0.25) is 10.0 Å². The predicted molar refractivity (Wildman–Crippen MR) is 112 cm³/mol. The van der Waals surface area contributed by atoms with Gasteiger partial charge in [-0.15, -0.1) is 0 Å². The quantitative estimate of drug-likeness (QED) is 0.701. The number of pyridine rings is 1. The fraction of sp³-hybridized carbons (Fsp3) is 0.400. The fourth-order valence-electron chi connectivity index (χ4n) is 3.31. The van der Waals surface area contributed by atoms with E-state index in [2.05, 4.69) is 10.3 Å². The van der Waals surface area contributed by atoms with E-state index < -0.39 is 17.8 Å². The highest BCUT2D eigenvalue weighted by Crippen LogP contribution is 2.31. The number of carbonyl (C=O) groups is 1. The molecular weight excluding hydrogens is 440 g/mol. The van der Waals surface area contributed by atoms with Crippen LogP contribution in [0, 0.1) is 0 Å². The molecule has 2 aromatic rings. The summed E-state index contributed by atoms with van der Waals surface area (Å²) in [7, 11) is 0. The van der Waals surface area contributed by atoms with Crippen molar-refractivity contribution in [2.24, 2.45) is 0 Å². The summed E-state index contributed by atoms with van der Waals surface area (Å²) in [4.78, 5) is 20.6. The van der Waals surface area contributed by atoms with Crippen LogP contribution in [0.1, 0.15) is 18.9 Å². The van der Waals surface area contributed by atoms with E-state index in [1.807, 2.05) is 9.80 Å². The van der Waals surface area contributed by atoms with E-state index in [4.69, 9.17) is 23.2 Å². The fourth-order valence-corrected chi connectivity index (χ4v) is 3.80. The second kappa shape index (κ2) is 9.41. The van der Waals surface area contributed by atoms with E-state index in [-0.39, 0.29) is 5.91 Å². The van der Waals surface area contributed by atoms with Crippen molar-refractivity contribution in [2.75, 3.05) is 36.4 Å². The van der Waals surface area contributed by atoms with Crippen LogP contribution >= 0.6 is 23.2 Å². The second-order valence-electron chi connectivity index (χ2n) is 7.04. The van der Waals surface area contributed by atoms with Gasteiger partial charge in [-0.3, -0.25) is 9.69 Å². The summed E-state index contributed by atoms with van der Waals surface area (Å²) in [6.07, 6.45) is -2.82. The van der Waals surface area contributed by atoms with Crippen molar-refractivity contribution in [3.63, 3.8) is 0 Å². The standard InChI is InChI=1S/C20H21Cl2F3N4O/c1-13(19(30)27-18-15(21)4-2-5-16(18)22)28-8-3-9-29(11-10-28)17-7-6-14(12-26-17)20(23,24)25/h2,4-7,12-13H,3,8-11H2,1H3,(H,27,30)/t13-/m1/s1. The number of aromatic nitrogens is 1. The van der Waals surface area contributed by atoms with Gasteiger partial charge in [0.1, 0.15) is 5.82 Å². The summed E-state index contributed by atoms with van der Waals surface area (Å²) >= 11 is 12.2. The van der Waals surface area contributed by atoms with Crippen molar-refractivity contribution in [2.45, 2.75) is 25.6 Å². The minimum Gasteiger partial charge on any atom is -0.355 e. The molecule has 10 heteroatoms. The van der Waals surface area contributed by atoms with Gasteiger partial charge in [0.25, 0.3) is 0 Å². The summed E-state index contributed by atoms with van der Waals surface area (Å²) in [6.45, 7) is 4.21. The summed E-state index contributed by atoms with van der Waals surface area (Å²) < 4.78 is 38.2. The first kappa shape index (κ1) is 22.7. The maximum Gasteiger partial charge on any atom is 0.417 e. The highest BCUT2D eigenvalue weighted by molar-refractivity contribution is 6.39. The largest absolute Gasteiger partial charge is 0.417 e. The Morgan fingerprint density at radius 3 is 2.40 bits per heavy atom. The highest BCUT2D eigenvalue weighted by Gasteiger charge is 2.31. The maximum absolute atomic E-state index is 12.7. The molecule has 1 aliphatic heterocycles. The number of hydrogen-bond donors (Lipinski definition) is 1. The lowest BCUT2D eigenvalue weighted by atomic mass is 10.2. The zero-order valence-electron chi connectivity index (χ0n) is 16.2. The van der Waals surface area contributed by atoms with Crippen molar-refractivity contribution in [3.8, 4) is 0 Å². The third-order valence-electron chi connectivity index (χ3n) is 5.07. The number of carbonyl (C=O) groups excluding carboxylic acids is 1.